The molecule has 0 radical (unpaired) electrons. The van der Waals surface area contributed by atoms with E-state index in [0.717, 1.165) is 0 Å². The van der Waals surface area contributed by atoms with Gasteiger partial charge in [0.05, 0.1) is 0 Å². The molecular weight excluding hydrogens is 278 g/mol. The molecule has 0 fully saturated rings. The van der Waals surface area contributed by atoms with E-state index in [0.29, 0.717) is 13.1 Å². The molecular formula is C6H6F6O4Si. The molecule has 0 rings (SSSR count). The zero-order chi connectivity index (χ0) is 14.1. The summed E-state index contributed by atoms with van der Waals surface area (Å²) in [6.07, 6.45) is -10.7. The van der Waals surface area contributed by atoms with E-state index in [4.69, 9.17) is 0 Å². The van der Waals surface area contributed by atoms with Crippen molar-refractivity contribution in [1.29, 1.82) is 0 Å². The van der Waals surface area contributed by atoms with Crippen molar-refractivity contribution < 1.29 is 45.4 Å². The van der Waals surface area contributed by atoms with Gasteiger partial charge in [-0.05, 0) is 13.1 Å². The predicted molar refractivity (Wildman–Crippen MR) is 42.6 cm³/mol. The van der Waals surface area contributed by atoms with Gasteiger partial charge in [0.2, 0.25) is 0 Å². The molecule has 11 heteroatoms. The zero-order valence-electron chi connectivity index (χ0n) is 8.40. The van der Waals surface area contributed by atoms with Crippen LogP contribution in [0.5, 0.6) is 0 Å². The Labute approximate surface area is 91.5 Å². The smallest absolute Gasteiger partial charge is 0.377 e. The van der Waals surface area contributed by atoms with Crippen LogP contribution in [0.15, 0.2) is 0 Å². The van der Waals surface area contributed by atoms with Gasteiger partial charge in [-0.3, -0.25) is 9.59 Å². The lowest BCUT2D eigenvalue weighted by molar-refractivity contribution is -0.288. The predicted octanol–water partition coefficient (Wildman–Crippen LogP) is 3.17. The Kier molecular flexibility index (Phi) is 4.21. The summed E-state index contributed by atoms with van der Waals surface area (Å²) in [4.78, 5) is 21.7. The van der Waals surface area contributed by atoms with Crippen LogP contribution in [-0.2, 0) is 9.47 Å². The van der Waals surface area contributed by atoms with Gasteiger partial charge in [-0.2, -0.15) is 0 Å². The highest BCUT2D eigenvalue weighted by molar-refractivity contribution is 7.22. The molecule has 0 saturated carbocycles. The van der Waals surface area contributed by atoms with Crippen LogP contribution in [0.1, 0.15) is 0 Å². The van der Waals surface area contributed by atoms with Crippen LogP contribution in [0.25, 0.3) is 0 Å². The Bertz CT molecular complexity index is 289. The first-order chi connectivity index (χ1) is 7.26. The van der Waals surface area contributed by atoms with Crippen molar-refractivity contribution >= 4 is 19.3 Å². The Hall–Kier alpha value is -1.26. The van der Waals surface area contributed by atoms with Crippen LogP contribution in [0.2, 0.25) is 13.1 Å². The second kappa shape index (κ2) is 4.54. The Morgan fingerprint density at radius 2 is 1.06 bits per heavy atom. The summed E-state index contributed by atoms with van der Waals surface area (Å²) in [6, 6.07) is 0. The number of carbonyl (C=O) groups is 2. The molecule has 0 atom stereocenters. The molecule has 0 aliphatic carbocycles. The number of carbonyl (C=O) groups excluding carboxylic acids is 2. The normalized spacial score (nSPS) is 13.2. The minimum atomic E-state index is -5.36. The summed E-state index contributed by atoms with van der Waals surface area (Å²) in [5.41, 5.74) is -4.11. The minimum Gasteiger partial charge on any atom is -0.377 e. The van der Waals surface area contributed by atoms with Gasteiger partial charge in [-0.25, -0.2) is 0 Å². The molecule has 100 valence electrons. The lowest BCUT2D eigenvalue weighted by Gasteiger charge is -2.19. The molecule has 0 unspecified atom stereocenters. The van der Waals surface area contributed by atoms with E-state index < -0.39 is 32.0 Å². The Morgan fingerprint density at radius 3 is 1.24 bits per heavy atom. The van der Waals surface area contributed by atoms with Crippen LogP contribution >= 0.6 is 0 Å². The lowest BCUT2D eigenvalue weighted by atomic mass is 11.3. The second-order valence-electron chi connectivity index (χ2n) is 3.30. The standard InChI is InChI=1S/C6H6F6O4Si/c1-17(2,3(13)15-5(7,8)9)4(14)16-6(10,11)12/h1-2H3. The molecule has 4 nitrogen and oxygen atoms in total. The maximum atomic E-state index is 11.6. The molecule has 17 heavy (non-hydrogen) atoms. The summed E-state index contributed by atoms with van der Waals surface area (Å²) >= 11 is 0. The van der Waals surface area contributed by atoms with E-state index >= 15 is 0 Å². The third kappa shape index (κ3) is 5.56. The van der Waals surface area contributed by atoms with Gasteiger partial charge in [0.15, 0.2) is 0 Å². The first kappa shape index (κ1) is 15.7. The van der Waals surface area contributed by atoms with Crippen molar-refractivity contribution in [3.8, 4) is 0 Å². The number of alkyl halides is 6. The van der Waals surface area contributed by atoms with Crippen LogP contribution in [0, 0.1) is 0 Å². The fraction of sp³-hybridized carbons (Fsp3) is 0.667. The molecule has 0 amide bonds. The fourth-order valence-corrected chi connectivity index (χ4v) is 1.46. The van der Waals surface area contributed by atoms with Crippen LogP contribution in [-0.4, -0.2) is 32.0 Å². The average molecular weight is 284 g/mol. The van der Waals surface area contributed by atoms with Gasteiger partial charge < -0.3 is 9.47 Å². The molecule has 0 aromatic carbocycles. The molecule has 0 aromatic heterocycles. The first-order valence-corrected chi connectivity index (χ1v) is 6.86. The van der Waals surface area contributed by atoms with Gasteiger partial charge in [0.1, 0.15) is 0 Å². The highest BCUT2D eigenvalue weighted by atomic mass is 28.3. The van der Waals surface area contributed by atoms with Crippen molar-refractivity contribution in [2.24, 2.45) is 0 Å². The maximum absolute atomic E-state index is 11.6. The van der Waals surface area contributed by atoms with Crippen molar-refractivity contribution in [2.45, 2.75) is 25.8 Å². The molecule has 0 aliphatic heterocycles. The van der Waals surface area contributed by atoms with E-state index in [-0.39, 0.29) is 0 Å². The number of ether oxygens (including phenoxy) is 2. The summed E-state index contributed by atoms with van der Waals surface area (Å²) in [7, 11) is -4.29. The number of hydrogen-bond donors (Lipinski definition) is 0. The molecule has 0 spiro atoms. The Morgan fingerprint density at radius 1 is 0.824 bits per heavy atom. The fourth-order valence-electron chi connectivity index (χ4n) is 0.549. The molecule has 0 N–H and O–H groups in total. The van der Waals surface area contributed by atoms with Crippen molar-refractivity contribution in [3.05, 3.63) is 0 Å². The molecule has 0 saturated heterocycles. The lowest BCUT2D eigenvalue weighted by Crippen LogP contribution is -2.50. The molecule has 0 aromatic rings. The van der Waals surface area contributed by atoms with E-state index in [1.807, 2.05) is 0 Å². The zero-order valence-corrected chi connectivity index (χ0v) is 9.40. The maximum Gasteiger partial charge on any atom is 0.574 e. The van der Waals surface area contributed by atoms with Gasteiger partial charge in [-0.1, -0.05) is 0 Å². The average Bonchev–Trinajstić information content (AvgIpc) is 1.96. The van der Waals surface area contributed by atoms with Gasteiger partial charge in [-0.15, -0.1) is 26.3 Å². The molecule has 0 aliphatic rings. The van der Waals surface area contributed by atoms with Crippen LogP contribution in [0.3, 0.4) is 0 Å². The minimum absolute atomic E-state index is 0.648. The topological polar surface area (TPSA) is 52.6 Å². The summed E-state index contributed by atoms with van der Waals surface area (Å²) in [5.74, 6) is 0. The number of rotatable bonds is 2. The highest BCUT2D eigenvalue weighted by Crippen LogP contribution is 2.24. The first-order valence-electron chi connectivity index (χ1n) is 3.86. The summed E-state index contributed by atoms with van der Waals surface area (Å²) < 4.78 is 75.6. The van der Waals surface area contributed by atoms with Gasteiger partial charge in [0.25, 0.3) is 11.2 Å². The van der Waals surface area contributed by atoms with Crippen molar-refractivity contribution in [1.82, 2.24) is 0 Å². The summed E-state index contributed by atoms with van der Waals surface area (Å²) in [5, 5.41) is 0. The van der Waals surface area contributed by atoms with Gasteiger partial charge >= 0.3 is 20.8 Å². The van der Waals surface area contributed by atoms with Crippen LogP contribution in [0.4, 0.5) is 35.9 Å². The van der Waals surface area contributed by atoms with E-state index in [1.165, 1.54) is 0 Å². The molecule has 0 heterocycles. The highest BCUT2D eigenvalue weighted by Gasteiger charge is 2.51. The summed E-state index contributed by atoms with van der Waals surface area (Å²) in [6.45, 7) is 1.30. The van der Waals surface area contributed by atoms with E-state index in [1.54, 1.807) is 0 Å². The van der Waals surface area contributed by atoms with Crippen molar-refractivity contribution in [3.63, 3.8) is 0 Å². The largest absolute Gasteiger partial charge is 0.574 e. The Balaban J connectivity index is 4.78. The van der Waals surface area contributed by atoms with Gasteiger partial charge in [0, 0.05) is 0 Å². The third-order valence-corrected chi connectivity index (χ3v) is 3.68. The number of hydrogen-bond acceptors (Lipinski definition) is 4. The second-order valence-corrected chi connectivity index (χ2v) is 7.36. The van der Waals surface area contributed by atoms with E-state index in [9.17, 15) is 35.9 Å². The van der Waals surface area contributed by atoms with Crippen LogP contribution < -0.4 is 0 Å². The van der Waals surface area contributed by atoms with Crippen molar-refractivity contribution in [2.75, 3.05) is 0 Å². The van der Waals surface area contributed by atoms with E-state index in [2.05, 4.69) is 9.47 Å². The quantitative estimate of drug-likeness (QED) is 0.577. The number of halogens is 6. The third-order valence-electron chi connectivity index (χ3n) is 1.44. The SMILES string of the molecule is C[Si](C)(C(=O)OC(F)(F)F)C(=O)OC(F)(F)F. The molecule has 0 bridgehead atoms. The monoisotopic (exact) mass is 284 g/mol.